The van der Waals surface area contributed by atoms with E-state index in [1.54, 1.807) is 12.1 Å². The van der Waals surface area contributed by atoms with Crippen molar-refractivity contribution in [2.75, 3.05) is 0 Å². The van der Waals surface area contributed by atoms with Crippen LogP contribution in [0.3, 0.4) is 0 Å². The van der Waals surface area contributed by atoms with Crippen LogP contribution < -0.4 is 0 Å². The second kappa shape index (κ2) is 7.44. The monoisotopic (exact) mass is 423 g/mol. The Kier molecular flexibility index (Phi) is 4.53. The predicted molar refractivity (Wildman–Crippen MR) is 130 cm³/mol. The van der Waals surface area contributed by atoms with Gasteiger partial charge in [0, 0.05) is 27.9 Å². The molecule has 0 bridgehead atoms. The Labute approximate surface area is 187 Å². The molecule has 2 nitrogen and oxygen atoms in total. The quantitative estimate of drug-likeness (QED) is 0.290. The first-order valence-corrected chi connectivity index (χ1v) is 11.6. The molecule has 6 rings (SSSR count). The molecule has 0 aliphatic heterocycles. The first-order chi connectivity index (χ1) is 15.6. The molecule has 0 spiro atoms. The van der Waals surface area contributed by atoms with Crippen LogP contribution in [0.5, 0.6) is 0 Å². The summed E-state index contributed by atoms with van der Waals surface area (Å²) in [6.45, 7) is 4.41. The number of fused-ring (bicyclic) bond motifs is 4. The van der Waals surface area contributed by atoms with Crippen molar-refractivity contribution < 1.29 is 8.81 Å². The maximum atomic E-state index is 14.4. The van der Waals surface area contributed by atoms with Gasteiger partial charge in [0.2, 0.25) is 0 Å². The van der Waals surface area contributed by atoms with E-state index in [2.05, 4.69) is 32.0 Å². The Morgan fingerprint density at radius 1 is 0.906 bits per heavy atom. The summed E-state index contributed by atoms with van der Waals surface area (Å²) in [4.78, 5) is 4.99. The van der Waals surface area contributed by atoms with Gasteiger partial charge < -0.3 is 4.42 Å². The Hall–Kier alpha value is -3.20. The van der Waals surface area contributed by atoms with Crippen LogP contribution in [-0.4, -0.2) is 4.98 Å². The molecule has 0 N–H and O–H groups in total. The van der Waals surface area contributed by atoms with Crippen LogP contribution in [0.25, 0.3) is 44.0 Å². The van der Waals surface area contributed by atoms with E-state index in [1.807, 2.05) is 30.5 Å². The van der Waals surface area contributed by atoms with Crippen molar-refractivity contribution in [2.45, 2.75) is 51.4 Å². The molecule has 2 heterocycles. The number of furan rings is 1. The summed E-state index contributed by atoms with van der Waals surface area (Å²) in [5.41, 5.74) is 6.01. The van der Waals surface area contributed by atoms with Crippen LogP contribution >= 0.6 is 0 Å². The second-order valence-corrected chi connectivity index (χ2v) is 9.43. The summed E-state index contributed by atoms with van der Waals surface area (Å²) in [7, 11) is 0. The molecular formula is C29H26FNO. The maximum absolute atomic E-state index is 14.4. The third-order valence-electron chi connectivity index (χ3n) is 7.10. The number of aromatic nitrogens is 1. The molecule has 1 aliphatic carbocycles. The molecule has 0 amide bonds. The van der Waals surface area contributed by atoms with Gasteiger partial charge in [-0.3, -0.25) is 4.98 Å². The Morgan fingerprint density at radius 3 is 2.53 bits per heavy atom. The predicted octanol–water partition coefficient (Wildman–Crippen LogP) is 8.72. The van der Waals surface area contributed by atoms with Gasteiger partial charge in [-0.15, -0.1) is 0 Å². The molecule has 1 saturated carbocycles. The van der Waals surface area contributed by atoms with Gasteiger partial charge in [0.25, 0.3) is 0 Å². The average Bonchev–Trinajstić information content (AvgIpc) is 3.46. The van der Waals surface area contributed by atoms with E-state index in [0.29, 0.717) is 11.8 Å². The van der Waals surface area contributed by atoms with Crippen LogP contribution in [0.1, 0.15) is 62.5 Å². The van der Waals surface area contributed by atoms with Gasteiger partial charge >= 0.3 is 0 Å². The van der Waals surface area contributed by atoms with Crippen molar-refractivity contribution in [1.82, 2.24) is 4.98 Å². The van der Waals surface area contributed by atoms with E-state index in [9.17, 15) is 4.39 Å². The second-order valence-electron chi connectivity index (χ2n) is 9.43. The highest BCUT2D eigenvalue weighted by molar-refractivity contribution is 6.12. The van der Waals surface area contributed by atoms with Crippen LogP contribution in [0, 0.1) is 5.82 Å². The lowest BCUT2D eigenvalue weighted by molar-refractivity contribution is 0.629. The van der Waals surface area contributed by atoms with Crippen molar-refractivity contribution in [3.05, 3.63) is 77.7 Å². The topological polar surface area (TPSA) is 26.0 Å². The van der Waals surface area contributed by atoms with Gasteiger partial charge in [0.05, 0.1) is 5.69 Å². The summed E-state index contributed by atoms with van der Waals surface area (Å²) < 4.78 is 20.7. The highest BCUT2D eigenvalue weighted by Crippen LogP contribution is 2.43. The largest absolute Gasteiger partial charge is 0.455 e. The van der Waals surface area contributed by atoms with Crippen LogP contribution in [0.15, 0.2) is 65.2 Å². The third-order valence-corrected chi connectivity index (χ3v) is 7.10. The number of para-hydroxylation sites is 1. The minimum Gasteiger partial charge on any atom is -0.455 e. The molecular weight excluding hydrogens is 397 g/mol. The maximum Gasteiger partial charge on any atom is 0.144 e. The standard InChI is InChI=1S/C29H26FNO/c1-17(2)19-13-24-21-9-5-6-10-27(21)32-29(24)25(14-19)28-22-12-11-20(30)15-23(22)26(16-31-28)18-7-3-4-8-18/h5-6,9-18H,3-4,7-8H2,1-2H3. The lowest BCUT2D eigenvalue weighted by Crippen LogP contribution is -1.99. The summed E-state index contributed by atoms with van der Waals surface area (Å²) >= 11 is 0. The summed E-state index contributed by atoms with van der Waals surface area (Å²) in [5, 5.41) is 4.21. The van der Waals surface area contributed by atoms with Gasteiger partial charge in [-0.25, -0.2) is 4.39 Å². The van der Waals surface area contributed by atoms with Crippen LogP contribution in [0.4, 0.5) is 4.39 Å². The molecule has 0 radical (unpaired) electrons. The smallest absolute Gasteiger partial charge is 0.144 e. The molecule has 2 aromatic heterocycles. The molecule has 1 aliphatic rings. The van der Waals surface area contributed by atoms with Crippen molar-refractivity contribution >= 4 is 32.7 Å². The van der Waals surface area contributed by atoms with Gasteiger partial charge in [-0.2, -0.15) is 0 Å². The summed E-state index contributed by atoms with van der Waals surface area (Å²) in [6.07, 6.45) is 6.77. The number of benzene rings is 3. The minimum absolute atomic E-state index is 0.196. The van der Waals surface area contributed by atoms with E-state index in [4.69, 9.17) is 9.40 Å². The molecule has 3 heteroatoms. The fraction of sp³-hybridized carbons (Fsp3) is 0.276. The number of hydrogen-bond donors (Lipinski definition) is 0. The molecule has 160 valence electrons. The zero-order valence-electron chi connectivity index (χ0n) is 18.5. The number of rotatable bonds is 3. The fourth-order valence-corrected chi connectivity index (χ4v) is 5.37. The Morgan fingerprint density at radius 2 is 1.72 bits per heavy atom. The van der Waals surface area contributed by atoms with Crippen molar-refractivity contribution in [3.8, 4) is 11.3 Å². The first kappa shape index (κ1) is 19.5. The summed E-state index contributed by atoms with van der Waals surface area (Å²) in [6, 6.07) is 17.7. The van der Waals surface area contributed by atoms with E-state index in [-0.39, 0.29) is 5.82 Å². The minimum atomic E-state index is -0.196. The van der Waals surface area contributed by atoms with Gasteiger partial charge in [0.1, 0.15) is 17.0 Å². The van der Waals surface area contributed by atoms with E-state index in [1.165, 1.54) is 24.0 Å². The Balaban J connectivity index is 1.68. The summed E-state index contributed by atoms with van der Waals surface area (Å²) in [5.74, 6) is 0.640. The van der Waals surface area contributed by atoms with Crippen molar-refractivity contribution in [2.24, 2.45) is 0 Å². The zero-order chi connectivity index (χ0) is 21.8. The molecule has 3 aromatic carbocycles. The van der Waals surface area contributed by atoms with E-state index in [0.717, 1.165) is 56.8 Å². The van der Waals surface area contributed by atoms with Crippen LogP contribution in [-0.2, 0) is 0 Å². The number of pyridine rings is 1. The number of nitrogens with zero attached hydrogens (tertiary/aromatic N) is 1. The highest BCUT2D eigenvalue weighted by atomic mass is 19.1. The SMILES string of the molecule is CC(C)c1cc(-c2ncc(C3CCCC3)c3cc(F)ccc23)c2oc3ccccc3c2c1. The average molecular weight is 424 g/mol. The number of hydrogen-bond acceptors (Lipinski definition) is 2. The van der Waals surface area contributed by atoms with Gasteiger partial charge in [0.15, 0.2) is 0 Å². The van der Waals surface area contributed by atoms with Crippen molar-refractivity contribution in [1.29, 1.82) is 0 Å². The molecule has 0 atom stereocenters. The lowest BCUT2D eigenvalue weighted by atomic mass is 9.90. The van der Waals surface area contributed by atoms with Gasteiger partial charge in [-0.05, 0) is 77.6 Å². The van der Waals surface area contributed by atoms with Crippen LogP contribution in [0.2, 0.25) is 0 Å². The van der Waals surface area contributed by atoms with E-state index >= 15 is 0 Å². The third kappa shape index (κ3) is 3.02. The molecule has 5 aromatic rings. The first-order valence-electron chi connectivity index (χ1n) is 11.6. The fourth-order valence-electron chi connectivity index (χ4n) is 5.37. The molecule has 1 fully saturated rings. The molecule has 0 saturated heterocycles. The van der Waals surface area contributed by atoms with Crippen molar-refractivity contribution in [3.63, 3.8) is 0 Å². The Bertz CT molecular complexity index is 1470. The normalized spacial score (nSPS) is 15.0. The van der Waals surface area contributed by atoms with Gasteiger partial charge in [-0.1, -0.05) is 44.9 Å². The lowest BCUT2D eigenvalue weighted by Gasteiger charge is -2.16. The molecule has 0 unspecified atom stereocenters. The van der Waals surface area contributed by atoms with E-state index < -0.39 is 0 Å². The highest BCUT2D eigenvalue weighted by Gasteiger charge is 2.23. The zero-order valence-corrected chi connectivity index (χ0v) is 18.5. The molecule has 32 heavy (non-hydrogen) atoms. The number of halogens is 1.